The molecule has 0 unspecified atom stereocenters. The lowest BCUT2D eigenvalue weighted by atomic mass is 10.2. The van der Waals surface area contributed by atoms with Gasteiger partial charge in [-0.2, -0.15) is 0 Å². The fourth-order valence-electron chi connectivity index (χ4n) is 2.14. The summed E-state index contributed by atoms with van der Waals surface area (Å²) in [7, 11) is 0. The predicted molar refractivity (Wildman–Crippen MR) is 87.5 cm³/mol. The van der Waals surface area contributed by atoms with Crippen molar-refractivity contribution in [3.05, 3.63) is 29.0 Å². The van der Waals surface area contributed by atoms with Crippen LogP contribution in [0.2, 0.25) is 0 Å². The van der Waals surface area contributed by atoms with Crippen LogP contribution in [0.25, 0.3) is 10.8 Å². The Kier molecular flexibility index (Phi) is 5.54. The summed E-state index contributed by atoms with van der Waals surface area (Å²) in [6, 6.07) is 3.66. The molecule has 6 nitrogen and oxygen atoms in total. The van der Waals surface area contributed by atoms with Crippen LogP contribution in [0.5, 0.6) is 0 Å². The van der Waals surface area contributed by atoms with E-state index in [4.69, 9.17) is 9.52 Å². The first-order valence-corrected chi connectivity index (χ1v) is 8.28. The number of amides is 1. The number of aryl methyl sites for hydroxylation is 1. The van der Waals surface area contributed by atoms with E-state index in [1.54, 1.807) is 10.3 Å². The first-order chi connectivity index (χ1) is 10.9. The van der Waals surface area contributed by atoms with Gasteiger partial charge in [0.15, 0.2) is 10.8 Å². The zero-order valence-corrected chi connectivity index (χ0v) is 14.2. The molecule has 0 aliphatic carbocycles. The van der Waals surface area contributed by atoms with E-state index >= 15 is 0 Å². The highest BCUT2D eigenvalue weighted by Crippen LogP contribution is 2.26. The Morgan fingerprint density at radius 2 is 2.13 bits per heavy atom. The maximum Gasteiger partial charge on any atom is 0.305 e. The molecule has 0 aromatic carbocycles. The van der Waals surface area contributed by atoms with Crippen molar-refractivity contribution < 1.29 is 19.1 Å². The van der Waals surface area contributed by atoms with Crippen LogP contribution in [0.1, 0.15) is 36.5 Å². The van der Waals surface area contributed by atoms with Gasteiger partial charge in [0.2, 0.25) is 0 Å². The van der Waals surface area contributed by atoms with Crippen LogP contribution in [0.4, 0.5) is 0 Å². The molecular formula is C16H20N2O4S. The fraction of sp³-hybridized carbons (Fsp3) is 0.438. The average Bonchev–Trinajstić information content (AvgIpc) is 3.10. The largest absolute Gasteiger partial charge is 0.481 e. The monoisotopic (exact) mass is 336 g/mol. The SMILES string of the molecule is Cc1ccc(-c2nc(C(=O)N(CCC(=O)O)CC(C)C)cs2)o1. The summed E-state index contributed by atoms with van der Waals surface area (Å²) in [6.45, 7) is 6.50. The minimum Gasteiger partial charge on any atom is -0.481 e. The van der Waals surface area contributed by atoms with E-state index in [0.717, 1.165) is 5.76 Å². The molecule has 0 radical (unpaired) electrons. The predicted octanol–water partition coefficient (Wildman–Crippen LogP) is 3.28. The van der Waals surface area contributed by atoms with Gasteiger partial charge in [0, 0.05) is 18.5 Å². The zero-order valence-electron chi connectivity index (χ0n) is 13.4. The summed E-state index contributed by atoms with van der Waals surface area (Å²) < 4.78 is 5.51. The molecule has 2 rings (SSSR count). The quantitative estimate of drug-likeness (QED) is 0.839. The Hall–Kier alpha value is -2.15. The molecule has 0 aliphatic rings. The Morgan fingerprint density at radius 3 is 2.70 bits per heavy atom. The molecule has 0 atom stereocenters. The van der Waals surface area contributed by atoms with Crippen molar-refractivity contribution in [3.63, 3.8) is 0 Å². The second-order valence-corrected chi connectivity index (χ2v) is 6.60. The first kappa shape index (κ1) is 17.2. The lowest BCUT2D eigenvalue weighted by Gasteiger charge is -2.23. The number of hydrogen-bond donors (Lipinski definition) is 1. The number of furan rings is 1. The van der Waals surface area contributed by atoms with Gasteiger partial charge in [0.05, 0.1) is 6.42 Å². The second kappa shape index (κ2) is 7.41. The minimum absolute atomic E-state index is 0.0766. The summed E-state index contributed by atoms with van der Waals surface area (Å²) in [5.74, 6) is 0.499. The molecule has 7 heteroatoms. The van der Waals surface area contributed by atoms with Crippen LogP contribution >= 0.6 is 11.3 Å². The molecule has 0 spiro atoms. The van der Waals surface area contributed by atoms with Gasteiger partial charge in [-0.3, -0.25) is 9.59 Å². The Balaban J connectivity index is 2.15. The summed E-state index contributed by atoms with van der Waals surface area (Å²) in [6.07, 6.45) is -0.0766. The maximum absolute atomic E-state index is 12.6. The highest BCUT2D eigenvalue weighted by molar-refractivity contribution is 7.13. The standard InChI is InChI=1S/C16H20N2O4S/c1-10(2)8-18(7-6-14(19)20)16(21)12-9-23-15(17-12)13-5-4-11(3)22-13/h4-5,9-10H,6-8H2,1-3H3,(H,19,20). The molecule has 2 heterocycles. The van der Waals surface area contributed by atoms with Gasteiger partial charge in [0.1, 0.15) is 11.5 Å². The smallest absolute Gasteiger partial charge is 0.305 e. The highest BCUT2D eigenvalue weighted by Gasteiger charge is 2.21. The minimum atomic E-state index is -0.920. The topological polar surface area (TPSA) is 83.6 Å². The second-order valence-electron chi connectivity index (χ2n) is 5.74. The third kappa shape index (κ3) is 4.66. The number of aliphatic carboxylic acids is 1. The molecule has 1 amide bonds. The van der Waals surface area contributed by atoms with Gasteiger partial charge in [-0.1, -0.05) is 13.8 Å². The normalized spacial score (nSPS) is 11.0. The molecule has 124 valence electrons. The van der Waals surface area contributed by atoms with Gasteiger partial charge in [-0.05, 0) is 25.0 Å². The zero-order chi connectivity index (χ0) is 17.0. The Morgan fingerprint density at radius 1 is 1.39 bits per heavy atom. The first-order valence-electron chi connectivity index (χ1n) is 7.40. The van der Waals surface area contributed by atoms with Crippen molar-refractivity contribution in [2.75, 3.05) is 13.1 Å². The lowest BCUT2D eigenvalue weighted by Crippen LogP contribution is -2.36. The summed E-state index contributed by atoms with van der Waals surface area (Å²) in [4.78, 5) is 29.2. The number of carbonyl (C=O) groups excluding carboxylic acids is 1. The Labute approximate surface area is 138 Å². The Bertz CT molecular complexity index is 690. The lowest BCUT2D eigenvalue weighted by molar-refractivity contribution is -0.137. The van der Waals surface area contributed by atoms with Crippen molar-refractivity contribution >= 4 is 23.2 Å². The van der Waals surface area contributed by atoms with Crippen LogP contribution in [0, 0.1) is 12.8 Å². The van der Waals surface area contributed by atoms with Crippen molar-refractivity contribution in [2.24, 2.45) is 5.92 Å². The van der Waals surface area contributed by atoms with Crippen molar-refractivity contribution in [3.8, 4) is 10.8 Å². The summed E-state index contributed by atoms with van der Waals surface area (Å²) in [5, 5.41) is 11.2. The molecular weight excluding hydrogens is 316 g/mol. The number of thiazole rings is 1. The van der Waals surface area contributed by atoms with Crippen molar-refractivity contribution in [1.29, 1.82) is 0 Å². The van der Waals surface area contributed by atoms with E-state index < -0.39 is 5.97 Å². The number of hydrogen-bond acceptors (Lipinski definition) is 5. The molecule has 1 N–H and O–H groups in total. The molecule has 0 fully saturated rings. The van der Waals surface area contributed by atoms with E-state index in [1.165, 1.54) is 11.3 Å². The highest BCUT2D eigenvalue weighted by atomic mass is 32.1. The van der Waals surface area contributed by atoms with Gasteiger partial charge in [-0.25, -0.2) is 4.98 Å². The number of nitrogens with zero attached hydrogens (tertiary/aromatic N) is 2. The number of carboxylic acid groups (broad SMARTS) is 1. The van der Waals surface area contributed by atoms with Gasteiger partial charge in [0.25, 0.3) is 5.91 Å². The number of carboxylic acids is 1. The van der Waals surface area contributed by atoms with E-state index in [2.05, 4.69) is 4.98 Å². The van der Waals surface area contributed by atoms with Crippen LogP contribution in [-0.2, 0) is 4.79 Å². The van der Waals surface area contributed by atoms with E-state index in [1.807, 2.05) is 32.9 Å². The van der Waals surface area contributed by atoms with E-state index in [-0.39, 0.29) is 24.8 Å². The van der Waals surface area contributed by atoms with E-state index in [0.29, 0.717) is 23.0 Å². The summed E-state index contributed by atoms with van der Waals surface area (Å²) >= 11 is 1.34. The number of aromatic nitrogens is 1. The third-order valence-electron chi connectivity index (χ3n) is 3.14. The summed E-state index contributed by atoms with van der Waals surface area (Å²) in [5.41, 5.74) is 0.324. The molecule has 23 heavy (non-hydrogen) atoms. The molecule has 2 aromatic rings. The maximum atomic E-state index is 12.6. The van der Waals surface area contributed by atoms with Gasteiger partial charge >= 0.3 is 5.97 Å². The molecule has 2 aromatic heterocycles. The van der Waals surface area contributed by atoms with Crippen LogP contribution in [0.3, 0.4) is 0 Å². The number of carbonyl (C=O) groups is 2. The molecule has 0 bridgehead atoms. The molecule has 0 aliphatic heterocycles. The van der Waals surface area contributed by atoms with Crippen LogP contribution < -0.4 is 0 Å². The van der Waals surface area contributed by atoms with E-state index in [9.17, 15) is 9.59 Å². The van der Waals surface area contributed by atoms with Crippen LogP contribution in [0.15, 0.2) is 21.9 Å². The number of rotatable bonds is 7. The third-order valence-corrected chi connectivity index (χ3v) is 4.00. The average molecular weight is 336 g/mol. The van der Waals surface area contributed by atoms with Crippen molar-refractivity contribution in [1.82, 2.24) is 9.88 Å². The molecule has 0 saturated heterocycles. The van der Waals surface area contributed by atoms with Crippen LogP contribution in [-0.4, -0.2) is 40.0 Å². The molecule has 0 saturated carbocycles. The van der Waals surface area contributed by atoms with Gasteiger partial charge in [-0.15, -0.1) is 11.3 Å². The van der Waals surface area contributed by atoms with Gasteiger partial charge < -0.3 is 14.4 Å². The van der Waals surface area contributed by atoms with Crippen molar-refractivity contribution in [2.45, 2.75) is 27.2 Å². The fourth-order valence-corrected chi connectivity index (χ4v) is 2.90.